The van der Waals surface area contributed by atoms with Gasteiger partial charge in [0, 0.05) is 12.1 Å². The van der Waals surface area contributed by atoms with Gasteiger partial charge >= 0.3 is 0 Å². The molecule has 1 atom stereocenters. The summed E-state index contributed by atoms with van der Waals surface area (Å²) in [7, 11) is 0. The van der Waals surface area contributed by atoms with Crippen molar-refractivity contribution >= 4 is 28.7 Å². The second-order valence-corrected chi connectivity index (χ2v) is 5.53. The summed E-state index contributed by atoms with van der Waals surface area (Å²) in [5.74, 6) is 0. The molecule has 1 aliphatic rings. The molecule has 22 heavy (non-hydrogen) atoms. The van der Waals surface area contributed by atoms with Crippen LogP contribution >= 0.6 is 12.2 Å². The molecule has 112 valence electrons. The van der Waals surface area contributed by atoms with Crippen molar-refractivity contribution in [3.8, 4) is 0 Å². The Hall–Kier alpha value is -2.51. The summed E-state index contributed by atoms with van der Waals surface area (Å²) in [6.45, 7) is 1.99. The summed E-state index contributed by atoms with van der Waals surface area (Å²) in [5, 5.41) is 16.2. The van der Waals surface area contributed by atoms with Crippen LogP contribution in [0.5, 0.6) is 0 Å². The number of nitro groups is 1. The number of rotatable bonds is 3. The maximum Gasteiger partial charge on any atom is 0.269 e. The van der Waals surface area contributed by atoms with E-state index in [-0.39, 0.29) is 5.69 Å². The van der Waals surface area contributed by atoms with Crippen LogP contribution in [0.25, 0.3) is 0 Å². The number of non-ortho nitro benzene ring substituents is 1. The van der Waals surface area contributed by atoms with Crippen LogP contribution in [-0.2, 0) is 5.66 Å². The highest BCUT2D eigenvalue weighted by Gasteiger charge is 2.38. The Morgan fingerprint density at radius 3 is 2.36 bits per heavy atom. The topological polar surface area (TPSA) is 70.4 Å². The molecule has 1 fully saturated rings. The van der Waals surface area contributed by atoms with Gasteiger partial charge in [0.05, 0.1) is 10.6 Å². The fourth-order valence-corrected chi connectivity index (χ4v) is 2.74. The van der Waals surface area contributed by atoms with Crippen LogP contribution in [0.4, 0.5) is 11.4 Å². The third kappa shape index (κ3) is 2.51. The molecule has 0 unspecified atom stereocenters. The largest absolute Gasteiger partial charge is 0.338 e. The SMILES string of the molecule is C[C@]1(c2ccccc2)NC(=S)N(c2ccc([N+](=O)[O-])cc2)N1. The molecule has 0 spiro atoms. The van der Waals surface area contributed by atoms with Crippen LogP contribution in [0.1, 0.15) is 12.5 Å². The first-order valence-corrected chi connectivity index (χ1v) is 7.10. The molecule has 2 aromatic carbocycles. The van der Waals surface area contributed by atoms with E-state index in [0.717, 1.165) is 11.3 Å². The summed E-state index contributed by atoms with van der Waals surface area (Å²) in [4.78, 5) is 10.3. The first kappa shape index (κ1) is 14.4. The van der Waals surface area contributed by atoms with Crippen molar-refractivity contribution < 1.29 is 4.92 Å². The van der Waals surface area contributed by atoms with Crippen molar-refractivity contribution in [2.45, 2.75) is 12.6 Å². The Kier molecular flexibility index (Phi) is 3.51. The Bertz CT molecular complexity index is 720. The smallest absolute Gasteiger partial charge is 0.269 e. The molecular formula is C15H14N4O2S. The molecule has 6 nitrogen and oxygen atoms in total. The summed E-state index contributed by atoms with van der Waals surface area (Å²) < 4.78 is 0. The Morgan fingerprint density at radius 1 is 1.14 bits per heavy atom. The van der Waals surface area contributed by atoms with E-state index in [1.54, 1.807) is 17.1 Å². The zero-order valence-electron chi connectivity index (χ0n) is 11.8. The summed E-state index contributed by atoms with van der Waals surface area (Å²) in [5.41, 5.74) is 4.61. The van der Waals surface area contributed by atoms with Crippen LogP contribution in [0, 0.1) is 10.1 Å². The van der Waals surface area contributed by atoms with Gasteiger partial charge in [-0.15, -0.1) is 0 Å². The normalized spacial score (nSPS) is 20.8. The molecule has 7 heteroatoms. The monoisotopic (exact) mass is 314 g/mol. The molecule has 0 saturated carbocycles. The van der Waals surface area contributed by atoms with Crippen molar-refractivity contribution in [2.24, 2.45) is 0 Å². The lowest BCUT2D eigenvalue weighted by Crippen LogP contribution is -2.45. The lowest BCUT2D eigenvalue weighted by atomic mass is 10.0. The van der Waals surface area contributed by atoms with E-state index in [1.165, 1.54) is 12.1 Å². The van der Waals surface area contributed by atoms with Crippen LogP contribution in [0.2, 0.25) is 0 Å². The number of nitrogens with one attached hydrogen (secondary N) is 2. The number of hydrogen-bond acceptors (Lipinski definition) is 4. The van der Waals surface area contributed by atoms with Crippen molar-refractivity contribution in [1.82, 2.24) is 10.7 Å². The predicted octanol–water partition coefficient (Wildman–Crippen LogP) is 2.67. The van der Waals surface area contributed by atoms with E-state index in [0.29, 0.717) is 5.11 Å². The Morgan fingerprint density at radius 2 is 1.77 bits per heavy atom. The van der Waals surface area contributed by atoms with Crippen molar-refractivity contribution in [2.75, 3.05) is 5.01 Å². The van der Waals surface area contributed by atoms with Crippen molar-refractivity contribution in [3.05, 3.63) is 70.3 Å². The number of nitro benzene ring substituents is 1. The lowest BCUT2D eigenvalue weighted by Gasteiger charge is -2.26. The number of nitrogens with zero attached hydrogens (tertiary/aromatic N) is 2. The number of hydrazine groups is 1. The molecule has 2 aromatic rings. The standard InChI is InChI=1S/C15H14N4O2S/c1-15(11-5-3-2-4-6-11)16-14(22)18(17-15)12-7-9-13(10-8-12)19(20)21/h2-10,17H,1H3,(H,16,22)/t15-/m0/s1. The van der Waals surface area contributed by atoms with Crippen LogP contribution < -0.4 is 15.8 Å². The zero-order valence-corrected chi connectivity index (χ0v) is 12.6. The maximum atomic E-state index is 10.7. The fraction of sp³-hybridized carbons (Fsp3) is 0.133. The van der Waals surface area contributed by atoms with Gasteiger partial charge in [0.15, 0.2) is 5.11 Å². The van der Waals surface area contributed by atoms with Crippen LogP contribution in [0.3, 0.4) is 0 Å². The zero-order chi connectivity index (χ0) is 15.7. The average Bonchev–Trinajstić information content (AvgIpc) is 2.84. The van der Waals surface area contributed by atoms with Crippen molar-refractivity contribution in [1.29, 1.82) is 0 Å². The molecule has 2 N–H and O–H groups in total. The first-order chi connectivity index (χ1) is 10.5. The molecule has 1 saturated heterocycles. The molecule has 0 radical (unpaired) electrons. The van der Waals surface area contributed by atoms with Gasteiger partial charge in [0.25, 0.3) is 5.69 Å². The quantitative estimate of drug-likeness (QED) is 0.516. The third-order valence-electron chi connectivity index (χ3n) is 3.57. The lowest BCUT2D eigenvalue weighted by molar-refractivity contribution is -0.384. The third-order valence-corrected chi connectivity index (χ3v) is 3.85. The van der Waals surface area contributed by atoms with E-state index >= 15 is 0 Å². The van der Waals surface area contributed by atoms with Gasteiger partial charge in [-0.1, -0.05) is 30.3 Å². The minimum Gasteiger partial charge on any atom is -0.338 e. The molecule has 0 aliphatic carbocycles. The summed E-state index contributed by atoms with van der Waals surface area (Å²) >= 11 is 5.37. The minimum atomic E-state index is -0.528. The number of anilines is 1. The fourth-order valence-electron chi connectivity index (χ4n) is 2.39. The number of thiocarbonyl (C=S) groups is 1. The second-order valence-electron chi connectivity index (χ2n) is 5.14. The van der Waals surface area contributed by atoms with Gasteiger partial charge in [-0.2, -0.15) is 5.43 Å². The summed E-state index contributed by atoms with van der Waals surface area (Å²) in [6.07, 6.45) is 0. The highest BCUT2D eigenvalue weighted by atomic mass is 32.1. The maximum absolute atomic E-state index is 10.7. The van der Waals surface area contributed by atoms with Crippen LogP contribution in [0.15, 0.2) is 54.6 Å². The second kappa shape index (κ2) is 5.36. The van der Waals surface area contributed by atoms with E-state index < -0.39 is 10.6 Å². The predicted molar refractivity (Wildman–Crippen MR) is 88.2 cm³/mol. The van der Waals surface area contributed by atoms with Gasteiger partial charge < -0.3 is 5.32 Å². The van der Waals surface area contributed by atoms with Gasteiger partial charge in [-0.3, -0.25) is 10.1 Å². The van der Waals surface area contributed by atoms with Gasteiger partial charge in [-0.05, 0) is 36.8 Å². The van der Waals surface area contributed by atoms with Gasteiger partial charge in [0.2, 0.25) is 0 Å². The molecule has 1 heterocycles. The highest BCUT2D eigenvalue weighted by molar-refractivity contribution is 7.80. The number of benzene rings is 2. The highest BCUT2D eigenvalue weighted by Crippen LogP contribution is 2.27. The number of hydrogen-bond donors (Lipinski definition) is 2. The van der Waals surface area contributed by atoms with Crippen LogP contribution in [-0.4, -0.2) is 10.0 Å². The Labute approximate surface area is 132 Å². The first-order valence-electron chi connectivity index (χ1n) is 6.70. The molecule has 0 bridgehead atoms. The minimum absolute atomic E-state index is 0.0487. The van der Waals surface area contributed by atoms with E-state index in [2.05, 4.69) is 10.7 Å². The molecule has 0 amide bonds. The molecule has 3 rings (SSSR count). The average molecular weight is 314 g/mol. The van der Waals surface area contributed by atoms with Gasteiger partial charge in [0.1, 0.15) is 5.66 Å². The molecule has 1 aliphatic heterocycles. The molecular weight excluding hydrogens is 300 g/mol. The van der Waals surface area contributed by atoms with Gasteiger partial charge in [-0.25, -0.2) is 5.01 Å². The van der Waals surface area contributed by atoms with Crippen molar-refractivity contribution in [3.63, 3.8) is 0 Å². The van der Waals surface area contributed by atoms with E-state index in [9.17, 15) is 10.1 Å². The Balaban J connectivity index is 1.87. The molecule has 0 aromatic heterocycles. The van der Waals surface area contributed by atoms with E-state index in [1.807, 2.05) is 37.3 Å². The summed E-state index contributed by atoms with van der Waals surface area (Å²) in [6, 6.07) is 16.1. The van der Waals surface area contributed by atoms with E-state index in [4.69, 9.17) is 12.2 Å².